The Hall–Kier alpha value is -3.17. The molecule has 2 aliphatic rings. The van der Waals surface area contributed by atoms with Crippen molar-refractivity contribution in [1.29, 1.82) is 5.26 Å². The van der Waals surface area contributed by atoms with Crippen LogP contribution in [0.2, 0.25) is 0 Å². The van der Waals surface area contributed by atoms with Crippen molar-refractivity contribution in [3.05, 3.63) is 53.7 Å². The van der Waals surface area contributed by atoms with Crippen LogP contribution in [0.1, 0.15) is 15.9 Å². The molecule has 128 valence electrons. The quantitative estimate of drug-likeness (QED) is 0.684. The van der Waals surface area contributed by atoms with Gasteiger partial charge in [-0.1, -0.05) is 24.3 Å². The number of carbonyl (C=O) groups is 1. The maximum atomic E-state index is 12.7. The molecule has 1 amide bonds. The number of fused-ring (bicyclic) bond motifs is 2. The van der Waals surface area contributed by atoms with Gasteiger partial charge in [-0.3, -0.25) is 9.48 Å². The van der Waals surface area contributed by atoms with Crippen molar-refractivity contribution in [3.63, 3.8) is 0 Å². The summed E-state index contributed by atoms with van der Waals surface area (Å²) in [7, 11) is 1.92. The molecule has 0 spiro atoms. The van der Waals surface area contributed by atoms with Gasteiger partial charge in [-0.15, -0.1) is 0 Å². The van der Waals surface area contributed by atoms with E-state index in [2.05, 4.69) is 35.4 Å². The highest BCUT2D eigenvalue weighted by Gasteiger charge is 2.43. The number of aromatic nitrogens is 2. The molecule has 2 atom stereocenters. The second-order valence-electron chi connectivity index (χ2n) is 6.78. The van der Waals surface area contributed by atoms with Crippen molar-refractivity contribution >= 4 is 16.8 Å². The highest BCUT2D eigenvalue weighted by atomic mass is 16.6. The summed E-state index contributed by atoms with van der Waals surface area (Å²) >= 11 is 0. The summed E-state index contributed by atoms with van der Waals surface area (Å²) in [5.41, 5.74) is 4.97. The fourth-order valence-corrected chi connectivity index (χ4v) is 3.73. The number of aryl methyl sites for hydroxylation is 1. The minimum atomic E-state index is -0.377. The number of rotatable bonds is 3. The Labute approximate surface area is 150 Å². The van der Waals surface area contributed by atoms with Gasteiger partial charge in [-0.05, 0) is 28.8 Å². The highest BCUT2D eigenvalue weighted by Crippen LogP contribution is 2.35. The van der Waals surface area contributed by atoms with Crippen LogP contribution in [0.3, 0.4) is 0 Å². The van der Waals surface area contributed by atoms with Crippen molar-refractivity contribution < 1.29 is 9.53 Å². The van der Waals surface area contributed by atoms with Crippen molar-refractivity contribution in [2.24, 2.45) is 7.05 Å². The molecule has 3 aromatic rings. The first-order valence-electron chi connectivity index (χ1n) is 8.54. The molecule has 6 nitrogen and oxygen atoms in total. The first kappa shape index (κ1) is 15.1. The average Bonchev–Trinajstić information content (AvgIpc) is 3.21. The lowest BCUT2D eigenvalue weighted by Crippen LogP contribution is -2.28. The molecule has 1 saturated heterocycles. The summed E-state index contributed by atoms with van der Waals surface area (Å²) in [4.78, 5) is 14.5. The van der Waals surface area contributed by atoms with E-state index < -0.39 is 0 Å². The lowest BCUT2D eigenvalue weighted by molar-refractivity contribution is 0.0766. The molecule has 5 rings (SSSR count). The van der Waals surface area contributed by atoms with Gasteiger partial charge in [0, 0.05) is 24.5 Å². The molecule has 0 aliphatic carbocycles. The fraction of sp³-hybridized carbons (Fsp3) is 0.250. The Morgan fingerprint density at radius 2 is 2.15 bits per heavy atom. The topological polar surface area (TPSA) is 74.5 Å². The number of hydrogen-bond acceptors (Lipinski definition) is 4. The Kier molecular flexibility index (Phi) is 3.15. The van der Waals surface area contributed by atoms with Crippen molar-refractivity contribution in [3.8, 4) is 17.2 Å². The normalized spacial score (nSPS) is 21.1. The second kappa shape index (κ2) is 5.41. The minimum Gasteiger partial charge on any atom is -0.352 e. The third kappa shape index (κ3) is 2.21. The molecule has 0 saturated carbocycles. The van der Waals surface area contributed by atoms with Crippen LogP contribution in [-0.2, 0) is 18.3 Å². The standard InChI is InChI=1S/C20H16N4O2/c1-23-17-7-12(5-6-13(17)9-22-23)14-3-2-4-15-16(14)10-24(20(15)25)11-19-18(8-21)26-19/h2-7,9,18-19H,10-11H2,1H3/t18?,19-/m1/s1. The van der Waals surface area contributed by atoms with Gasteiger partial charge in [0.15, 0.2) is 6.10 Å². The predicted molar refractivity (Wildman–Crippen MR) is 95.2 cm³/mol. The van der Waals surface area contributed by atoms with Crippen LogP contribution in [-0.4, -0.2) is 39.3 Å². The van der Waals surface area contributed by atoms with Gasteiger partial charge in [0.05, 0.1) is 24.3 Å². The molecule has 0 bridgehead atoms. The van der Waals surface area contributed by atoms with Crippen molar-refractivity contribution in [2.75, 3.05) is 6.54 Å². The van der Waals surface area contributed by atoms with Crippen LogP contribution in [0.15, 0.2) is 42.6 Å². The average molecular weight is 344 g/mol. The second-order valence-corrected chi connectivity index (χ2v) is 6.78. The number of nitriles is 1. The largest absolute Gasteiger partial charge is 0.352 e. The summed E-state index contributed by atoms with van der Waals surface area (Å²) < 4.78 is 7.13. The highest BCUT2D eigenvalue weighted by molar-refractivity contribution is 6.01. The molecule has 2 aromatic carbocycles. The summed E-state index contributed by atoms with van der Waals surface area (Å²) in [5.74, 6) is 0.00986. The van der Waals surface area contributed by atoms with Gasteiger partial charge >= 0.3 is 0 Å². The molecule has 6 heteroatoms. The maximum absolute atomic E-state index is 12.7. The molecule has 1 unspecified atom stereocenters. The Bertz CT molecular complexity index is 1090. The van der Waals surface area contributed by atoms with Crippen LogP contribution in [0.4, 0.5) is 0 Å². The molecular weight excluding hydrogens is 328 g/mol. The van der Waals surface area contributed by atoms with E-state index in [1.54, 1.807) is 4.90 Å². The van der Waals surface area contributed by atoms with E-state index in [4.69, 9.17) is 10.00 Å². The Balaban J connectivity index is 1.52. The van der Waals surface area contributed by atoms with E-state index in [1.165, 1.54) is 0 Å². The number of amides is 1. The summed E-state index contributed by atoms with van der Waals surface area (Å²) in [6.07, 6.45) is 1.31. The van der Waals surface area contributed by atoms with E-state index >= 15 is 0 Å². The van der Waals surface area contributed by atoms with E-state index in [-0.39, 0.29) is 18.1 Å². The third-order valence-electron chi connectivity index (χ3n) is 5.21. The smallest absolute Gasteiger partial charge is 0.254 e. The first-order valence-corrected chi connectivity index (χ1v) is 8.54. The van der Waals surface area contributed by atoms with E-state index in [1.807, 2.05) is 30.1 Å². The number of hydrogen-bond donors (Lipinski definition) is 0. The van der Waals surface area contributed by atoms with Gasteiger partial charge in [0.25, 0.3) is 5.91 Å². The van der Waals surface area contributed by atoms with Crippen LogP contribution in [0.25, 0.3) is 22.0 Å². The monoisotopic (exact) mass is 344 g/mol. The molecule has 0 radical (unpaired) electrons. The van der Waals surface area contributed by atoms with Gasteiger partial charge < -0.3 is 9.64 Å². The van der Waals surface area contributed by atoms with E-state index in [0.29, 0.717) is 13.1 Å². The zero-order chi connectivity index (χ0) is 17.8. The van der Waals surface area contributed by atoms with Crippen molar-refractivity contribution in [2.45, 2.75) is 18.8 Å². The summed E-state index contributed by atoms with van der Waals surface area (Å²) in [6.45, 7) is 1.01. The Morgan fingerprint density at radius 1 is 1.31 bits per heavy atom. The van der Waals surface area contributed by atoms with Crippen LogP contribution in [0.5, 0.6) is 0 Å². The molecule has 2 aliphatic heterocycles. The van der Waals surface area contributed by atoms with Crippen LogP contribution < -0.4 is 0 Å². The molecule has 3 heterocycles. The molecule has 0 N–H and O–H groups in total. The molecular formula is C20H16N4O2. The Morgan fingerprint density at radius 3 is 2.96 bits per heavy atom. The zero-order valence-corrected chi connectivity index (χ0v) is 14.2. The molecule has 1 aromatic heterocycles. The lowest BCUT2D eigenvalue weighted by Gasteiger charge is -2.14. The van der Waals surface area contributed by atoms with Crippen LogP contribution >= 0.6 is 0 Å². The summed E-state index contributed by atoms with van der Waals surface area (Å²) in [5, 5.41) is 14.3. The lowest BCUT2D eigenvalue weighted by atomic mass is 9.96. The third-order valence-corrected chi connectivity index (χ3v) is 5.21. The number of benzene rings is 2. The minimum absolute atomic E-state index is 0.00986. The fourth-order valence-electron chi connectivity index (χ4n) is 3.73. The zero-order valence-electron chi connectivity index (χ0n) is 14.2. The van der Waals surface area contributed by atoms with E-state index in [0.717, 1.165) is 33.2 Å². The van der Waals surface area contributed by atoms with Crippen molar-refractivity contribution in [1.82, 2.24) is 14.7 Å². The van der Waals surface area contributed by atoms with Gasteiger partial charge in [0.1, 0.15) is 6.10 Å². The van der Waals surface area contributed by atoms with Crippen LogP contribution in [0, 0.1) is 11.3 Å². The number of epoxide rings is 1. The number of nitrogens with zero attached hydrogens (tertiary/aromatic N) is 4. The van der Waals surface area contributed by atoms with Gasteiger partial charge in [-0.2, -0.15) is 10.4 Å². The number of ether oxygens (including phenoxy) is 1. The first-order chi connectivity index (χ1) is 12.7. The number of carbonyl (C=O) groups excluding carboxylic acids is 1. The summed E-state index contributed by atoms with van der Waals surface area (Å²) in [6, 6.07) is 14.2. The predicted octanol–water partition coefficient (Wildman–Crippen LogP) is 2.49. The van der Waals surface area contributed by atoms with Gasteiger partial charge in [0.2, 0.25) is 0 Å². The molecule has 1 fully saturated rings. The molecule has 26 heavy (non-hydrogen) atoms. The maximum Gasteiger partial charge on any atom is 0.254 e. The van der Waals surface area contributed by atoms with Gasteiger partial charge in [-0.25, -0.2) is 0 Å². The SMILES string of the molecule is Cn1ncc2ccc(-c3cccc4c3CN(C[C@H]3OC3C#N)C4=O)cc21. The van der Waals surface area contributed by atoms with E-state index in [9.17, 15) is 4.79 Å².